The molecule has 1 saturated heterocycles. The summed E-state index contributed by atoms with van der Waals surface area (Å²) in [6.45, 7) is 2.09. The van der Waals surface area contributed by atoms with Crippen LogP contribution >= 0.6 is 15.9 Å². The van der Waals surface area contributed by atoms with Gasteiger partial charge in [0.05, 0.1) is 10.5 Å². The van der Waals surface area contributed by atoms with E-state index in [0.29, 0.717) is 18.0 Å². The van der Waals surface area contributed by atoms with Crippen molar-refractivity contribution < 1.29 is 14.5 Å². The number of carbonyl (C=O) groups excluding carboxylic acids is 1. The van der Waals surface area contributed by atoms with Crippen molar-refractivity contribution >= 4 is 27.5 Å². The lowest BCUT2D eigenvalue weighted by molar-refractivity contribution is -0.385. The molecule has 0 atom stereocenters. The van der Waals surface area contributed by atoms with Crippen LogP contribution in [0.4, 0.5) is 5.69 Å². The van der Waals surface area contributed by atoms with Crippen LogP contribution in [0.25, 0.3) is 0 Å². The van der Waals surface area contributed by atoms with Gasteiger partial charge in [-0.2, -0.15) is 0 Å². The molecule has 1 aromatic carbocycles. The van der Waals surface area contributed by atoms with E-state index in [1.165, 1.54) is 12.1 Å². The molecule has 1 heterocycles. The molecular formula is C14H17BrN2O4. The minimum Gasteiger partial charge on any atom is -0.381 e. The monoisotopic (exact) mass is 356 g/mol. The van der Waals surface area contributed by atoms with Gasteiger partial charge in [0.15, 0.2) is 0 Å². The summed E-state index contributed by atoms with van der Waals surface area (Å²) in [5.74, 6) is 0.210. The summed E-state index contributed by atoms with van der Waals surface area (Å²) in [6, 6.07) is 4.50. The Bertz CT molecular complexity index is 544. The van der Waals surface area contributed by atoms with Gasteiger partial charge < -0.3 is 9.64 Å². The number of rotatable bonds is 4. The Morgan fingerprint density at radius 3 is 2.76 bits per heavy atom. The van der Waals surface area contributed by atoms with Crippen molar-refractivity contribution in [2.75, 3.05) is 26.8 Å². The topological polar surface area (TPSA) is 72.7 Å². The molecule has 7 heteroatoms. The van der Waals surface area contributed by atoms with Crippen molar-refractivity contribution in [3.63, 3.8) is 0 Å². The molecule has 6 nitrogen and oxygen atoms in total. The van der Waals surface area contributed by atoms with Crippen molar-refractivity contribution in [2.45, 2.75) is 12.8 Å². The molecule has 0 aromatic heterocycles. The second-order valence-corrected chi connectivity index (χ2v) is 5.93. The Hall–Kier alpha value is -1.47. The van der Waals surface area contributed by atoms with Gasteiger partial charge in [-0.1, -0.05) is 6.07 Å². The van der Waals surface area contributed by atoms with Gasteiger partial charge in [0.2, 0.25) is 0 Å². The zero-order valence-electron chi connectivity index (χ0n) is 11.8. The van der Waals surface area contributed by atoms with E-state index in [4.69, 9.17) is 4.74 Å². The van der Waals surface area contributed by atoms with E-state index < -0.39 is 4.92 Å². The highest BCUT2D eigenvalue weighted by Gasteiger charge is 2.24. The second-order valence-electron chi connectivity index (χ2n) is 5.14. The molecule has 0 saturated carbocycles. The van der Waals surface area contributed by atoms with Crippen LogP contribution in [0.5, 0.6) is 0 Å². The first-order valence-corrected chi connectivity index (χ1v) is 7.56. The molecule has 0 unspecified atom stereocenters. The van der Waals surface area contributed by atoms with Gasteiger partial charge in [0.1, 0.15) is 4.47 Å². The number of nitro groups is 1. The predicted octanol–water partition coefficient (Wildman–Crippen LogP) is 2.86. The van der Waals surface area contributed by atoms with Gasteiger partial charge in [0.25, 0.3) is 11.6 Å². The van der Waals surface area contributed by atoms with Crippen molar-refractivity contribution in [3.05, 3.63) is 38.3 Å². The van der Waals surface area contributed by atoms with Gasteiger partial charge in [-0.3, -0.25) is 14.9 Å². The molecule has 0 spiro atoms. The number of hydrogen-bond donors (Lipinski definition) is 0. The van der Waals surface area contributed by atoms with Crippen molar-refractivity contribution in [3.8, 4) is 0 Å². The lowest BCUT2D eigenvalue weighted by Gasteiger charge is -2.27. The number of nitro benzene ring substituents is 1. The summed E-state index contributed by atoms with van der Waals surface area (Å²) in [4.78, 5) is 24.5. The molecule has 114 valence electrons. The number of carbonyl (C=O) groups is 1. The zero-order chi connectivity index (χ0) is 15.4. The summed E-state index contributed by atoms with van der Waals surface area (Å²) in [5.41, 5.74) is 0.221. The number of amides is 1. The summed E-state index contributed by atoms with van der Waals surface area (Å²) < 4.78 is 5.54. The first-order valence-electron chi connectivity index (χ1n) is 6.77. The Kier molecular flexibility index (Phi) is 5.30. The van der Waals surface area contributed by atoms with Crippen LogP contribution in [0, 0.1) is 16.0 Å². The molecule has 1 aliphatic rings. The van der Waals surface area contributed by atoms with E-state index in [9.17, 15) is 14.9 Å². The van der Waals surface area contributed by atoms with Crippen LogP contribution in [-0.2, 0) is 4.74 Å². The lowest BCUT2D eigenvalue weighted by atomic mass is 9.99. The largest absolute Gasteiger partial charge is 0.381 e. The molecule has 21 heavy (non-hydrogen) atoms. The fourth-order valence-electron chi connectivity index (χ4n) is 2.43. The first-order chi connectivity index (χ1) is 10.0. The SMILES string of the molecule is CN(CC1CCOCC1)C(=O)c1cccc([N+](=O)[O-])c1Br. The molecule has 1 fully saturated rings. The maximum absolute atomic E-state index is 12.5. The van der Waals surface area contributed by atoms with Gasteiger partial charge in [-0.05, 0) is 40.8 Å². The second kappa shape index (κ2) is 7.00. The maximum atomic E-state index is 12.5. The summed E-state index contributed by atoms with van der Waals surface area (Å²) in [5, 5.41) is 10.9. The zero-order valence-corrected chi connectivity index (χ0v) is 13.3. The smallest absolute Gasteiger partial charge is 0.284 e. The van der Waals surface area contributed by atoms with Crippen LogP contribution in [0.2, 0.25) is 0 Å². The molecular weight excluding hydrogens is 340 g/mol. The molecule has 1 amide bonds. The lowest BCUT2D eigenvalue weighted by Crippen LogP contribution is -2.34. The Morgan fingerprint density at radius 2 is 2.14 bits per heavy atom. The first kappa shape index (κ1) is 15.9. The highest BCUT2D eigenvalue weighted by Crippen LogP contribution is 2.29. The van der Waals surface area contributed by atoms with Crippen molar-refractivity contribution in [1.82, 2.24) is 4.90 Å². The van der Waals surface area contributed by atoms with Gasteiger partial charge >= 0.3 is 0 Å². The minimum absolute atomic E-state index is 0.0969. The maximum Gasteiger partial charge on any atom is 0.284 e. The van der Waals surface area contributed by atoms with Crippen LogP contribution in [0.15, 0.2) is 22.7 Å². The van der Waals surface area contributed by atoms with Gasteiger partial charge in [0, 0.05) is 32.9 Å². The Morgan fingerprint density at radius 1 is 1.48 bits per heavy atom. The Labute approximate surface area is 131 Å². The van der Waals surface area contributed by atoms with E-state index in [2.05, 4.69) is 15.9 Å². The number of hydrogen-bond acceptors (Lipinski definition) is 4. The molecule has 1 aromatic rings. The third-order valence-corrected chi connectivity index (χ3v) is 4.46. The molecule has 0 radical (unpaired) electrons. The molecule has 0 N–H and O–H groups in total. The normalized spacial score (nSPS) is 15.7. The van der Waals surface area contributed by atoms with Crippen molar-refractivity contribution in [1.29, 1.82) is 0 Å². The number of ether oxygens (including phenoxy) is 1. The van der Waals surface area contributed by atoms with Crippen LogP contribution in [0.1, 0.15) is 23.2 Å². The van der Waals surface area contributed by atoms with Crippen molar-refractivity contribution in [2.24, 2.45) is 5.92 Å². The average Bonchev–Trinajstić information content (AvgIpc) is 2.47. The predicted molar refractivity (Wildman–Crippen MR) is 81.3 cm³/mol. The third-order valence-electron chi connectivity index (χ3n) is 3.63. The summed E-state index contributed by atoms with van der Waals surface area (Å²) >= 11 is 3.17. The molecule has 1 aliphatic heterocycles. The van der Waals surface area contributed by atoms with Crippen LogP contribution in [0.3, 0.4) is 0 Å². The van der Waals surface area contributed by atoms with Gasteiger partial charge in [-0.25, -0.2) is 0 Å². The fraction of sp³-hybridized carbons (Fsp3) is 0.500. The molecule has 2 rings (SSSR count). The van der Waals surface area contributed by atoms with Gasteiger partial charge in [-0.15, -0.1) is 0 Å². The number of nitrogens with zero attached hydrogens (tertiary/aromatic N) is 2. The number of halogens is 1. The summed E-state index contributed by atoms with van der Waals surface area (Å²) in [6.07, 6.45) is 1.88. The summed E-state index contributed by atoms with van der Waals surface area (Å²) in [7, 11) is 1.73. The van der Waals surface area contributed by atoms with E-state index in [-0.39, 0.29) is 16.1 Å². The molecule has 0 bridgehead atoms. The quantitative estimate of drug-likeness (QED) is 0.614. The number of benzene rings is 1. The average molecular weight is 357 g/mol. The van der Waals surface area contributed by atoms with Crippen LogP contribution in [-0.4, -0.2) is 42.5 Å². The van der Waals surface area contributed by atoms with Crippen LogP contribution < -0.4 is 0 Å². The van der Waals surface area contributed by atoms with E-state index in [1.807, 2.05) is 0 Å². The standard InChI is InChI=1S/C14H17BrN2O4/c1-16(9-10-5-7-21-8-6-10)14(18)11-3-2-4-12(13(11)15)17(19)20/h2-4,10H,5-9H2,1H3. The third kappa shape index (κ3) is 3.79. The highest BCUT2D eigenvalue weighted by atomic mass is 79.9. The minimum atomic E-state index is -0.501. The highest BCUT2D eigenvalue weighted by molar-refractivity contribution is 9.10. The van der Waals surface area contributed by atoms with E-state index >= 15 is 0 Å². The fourth-order valence-corrected chi connectivity index (χ4v) is 3.01. The Balaban J connectivity index is 2.11. The van der Waals surface area contributed by atoms with E-state index in [1.54, 1.807) is 18.0 Å². The molecule has 0 aliphatic carbocycles. The van der Waals surface area contributed by atoms with E-state index in [0.717, 1.165) is 26.1 Å².